The third kappa shape index (κ3) is 3.05. The first-order valence-electron chi connectivity index (χ1n) is 7.10. The van der Waals surface area contributed by atoms with E-state index in [2.05, 4.69) is 25.6 Å². The molecule has 2 heterocycles. The molecule has 3 aromatic rings. The molecule has 0 radical (unpaired) electrons. The molecule has 2 N–H and O–H groups in total. The van der Waals surface area contributed by atoms with E-state index in [0.717, 1.165) is 5.56 Å². The molecule has 0 bridgehead atoms. The molecular formula is C15H16N6O2. The highest BCUT2D eigenvalue weighted by Crippen LogP contribution is 2.25. The summed E-state index contributed by atoms with van der Waals surface area (Å²) in [6.45, 7) is 2.63. The number of amides is 1. The van der Waals surface area contributed by atoms with Crippen LogP contribution in [0, 0.1) is 0 Å². The van der Waals surface area contributed by atoms with Gasteiger partial charge in [0.15, 0.2) is 0 Å². The SMILES string of the molecule is CCn1cnc(NC(=O)c2cn[nH]c2-c2cccc(OC)c2)n1. The molecule has 8 nitrogen and oxygen atoms in total. The average molecular weight is 312 g/mol. The van der Waals surface area contributed by atoms with Crippen molar-refractivity contribution in [3.8, 4) is 17.0 Å². The van der Waals surface area contributed by atoms with Crippen molar-refractivity contribution in [1.29, 1.82) is 0 Å². The summed E-state index contributed by atoms with van der Waals surface area (Å²) < 4.78 is 6.84. The van der Waals surface area contributed by atoms with E-state index in [4.69, 9.17) is 4.74 Å². The fraction of sp³-hybridized carbons (Fsp3) is 0.200. The number of rotatable bonds is 5. The second-order valence-corrected chi connectivity index (χ2v) is 4.77. The highest BCUT2D eigenvalue weighted by atomic mass is 16.5. The smallest absolute Gasteiger partial charge is 0.261 e. The third-order valence-electron chi connectivity index (χ3n) is 3.33. The molecule has 23 heavy (non-hydrogen) atoms. The molecule has 0 spiro atoms. The van der Waals surface area contributed by atoms with Gasteiger partial charge in [-0.1, -0.05) is 12.1 Å². The number of ether oxygens (including phenoxy) is 1. The molecule has 1 aromatic carbocycles. The predicted octanol–water partition coefficient (Wildman–Crippen LogP) is 1.95. The Morgan fingerprint density at radius 2 is 2.30 bits per heavy atom. The van der Waals surface area contributed by atoms with Crippen LogP contribution in [0.1, 0.15) is 17.3 Å². The quantitative estimate of drug-likeness (QED) is 0.750. The summed E-state index contributed by atoms with van der Waals surface area (Å²) >= 11 is 0. The highest BCUT2D eigenvalue weighted by molar-refractivity contribution is 6.07. The summed E-state index contributed by atoms with van der Waals surface area (Å²) in [7, 11) is 1.59. The number of nitrogens with one attached hydrogen (secondary N) is 2. The second-order valence-electron chi connectivity index (χ2n) is 4.77. The minimum atomic E-state index is -0.328. The van der Waals surface area contributed by atoms with Crippen LogP contribution in [0.3, 0.4) is 0 Å². The van der Waals surface area contributed by atoms with Gasteiger partial charge in [-0.3, -0.25) is 19.9 Å². The molecule has 0 aliphatic carbocycles. The molecule has 8 heteroatoms. The number of anilines is 1. The predicted molar refractivity (Wildman–Crippen MR) is 84.2 cm³/mol. The molecule has 0 saturated carbocycles. The molecule has 3 rings (SSSR count). The maximum Gasteiger partial charge on any atom is 0.261 e. The van der Waals surface area contributed by atoms with Crippen molar-refractivity contribution in [3.05, 3.63) is 42.4 Å². The summed E-state index contributed by atoms with van der Waals surface area (Å²) in [5.74, 6) is 0.631. The monoisotopic (exact) mass is 312 g/mol. The normalized spacial score (nSPS) is 10.5. The fourth-order valence-corrected chi connectivity index (χ4v) is 2.13. The van der Waals surface area contributed by atoms with Gasteiger partial charge in [0, 0.05) is 12.1 Å². The van der Waals surface area contributed by atoms with Crippen molar-refractivity contribution in [1.82, 2.24) is 25.0 Å². The van der Waals surface area contributed by atoms with Crippen LogP contribution in [-0.4, -0.2) is 38.0 Å². The summed E-state index contributed by atoms with van der Waals surface area (Å²) in [5.41, 5.74) is 1.82. The van der Waals surface area contributed by atoms with Gasteiger partial charge in [-0.15, -0.1) is 5.10 Å². The Kier molecular flexibility index (Phi) is 4.05. The Morgan fingerprint density at radius 1 is 1.43 bits per heavy atom. The fourth-order valence-electron chi connectivity index (χ4n) is 2.13. The molecule has 1 amide bonds. The van der Waals surface area contributed by atoms with Crippen LogP contribution in [0.5, 0.6) is 5.75 Å². The highest BCUT2D eigenvalue weighted by Gasteiger charge is 2.17. The molecule has 0 atom stereocenters. The van der Waals surface area contributed by atoms with E-state index in [1.54, 1.807) is 18.1 Å². The van der Waals surface area contributed by atoms with Crippen LogP contribution in [-0.2, 0) is 6.54 Å². The second kappa shape index (κ2) is 6.30. The van der Waals surface area contributed by atoms with Crippen molar-refractivity contribution >= 4 is 11.9 Å². The average Bonchev–Trinajstić information content (AvgIpc) is 3.23. The van der Waals surface area contributed by atoms with Crippen molar-refractivity contribution < 1.29 is 9.53 Å². The molecule has 0 aliphatic rings. The molecule has 2 aromatic heterocycles. The lowest BCUT2D eigenvalue weighted by Crippen LogP contribution is -2.13. The van der Waals surface area contributed by atoms with Gasteiger partial charge in [-0.2, -0.15) is 5.10 Å². The lowest BCUT2D eigenvalue weighted by molar-refractivity contribution is 0.102. The minimum Gasteiger partial charge on any atom is -0.497 e. The number of aryl methyl sites for hydroxylation is 1. The number of carbonyl (C=O) groups excluding carboxylic acids is 1. The molecule has 0 aliphatic heterocycles. The number of nitrogens with zero attached hydrogens (tertiary/aromatic N) is 4. The largest absolute Gasteiger partial charge is 0.497 e. The number of aromatic nitrogens is 5. The zero-order valence-electron chi connectivity index (χ0n) is 12.8. The minimum absolute atomic E-state index is 0.259. The molecular weight excluding hydrogens is 296 g/mol. The van der Waals surface area contributed by atoms with E-state index in [1.165, 1.54) is 6.20 Å². The lowest BCUT2D eigenvalue weighted by Gasteiger charge is -2.05. The van der Waals surface area contributed by atoms with Crippen LogP contribution in [0.25, 0.3) is 11.3 Å². The Hall–Kier alpha value is -3.16. The number of H-pyrrole nitrogens is 1. The summed E-state index contributed by atoms with van der Waals surface area (Å²) in [6, 6.07) is 7.38. The van der Waals surface area contributed by atoms with Crippen LogP contribution in [0.2, 0.25) is 0 Å². The van der Waals surface area contributed by atoms with Crippen LogP contribution in [0.4, 0.5) is 5.95 Å². The van der Waals surface area contributed by atoms with Gasteiger partial charge in [0.05, 0.1) is 24.6 Å². The molecule has 118 valence electrons. The van der Waals surface area contributed by atoms with Crippen LogP contribution in [0.15, 0.2) is 36.8 Å². The lowest BCUT2D eigenvalue weighted by atomic mass is 10.1. The Morgan fingerprint density at radius 3 is 3.04 bits per heavy atom. The van der Waals surface area contributed by atoms with Crippen molar-refractivity contribution in [2.24, 2.45) is 0 Å². The first-order chi connectivity index (χ1) is 11.2. The van der Waals surface area contributed by atoms with Crippen molar-refractivity contribution in [2.75, 3.05) is 12.4 Å². The van der Waals surface area contributed by atoms with E-state index in [1.807, 2.05) is 31.2 Å². The maximum atomic E-state index is 12.4. The van der Waals surface area contributed by atoms with Gasteiger partial charge in [0.25, 0.3) is 5.91 Å². The van der Waals surface area contributed by atoms with Crippen molar-refractivity contribution in [2.45, 2.75) is 13.5 Å². The Balaban J connectivity index is 1.86. The zero-order valence-corrected chi connectivity index (χ0v) is 12.8. The standard InChI is InChI=1S/C15H16N6O2/c1-3-21-9-16-15(20-21)18-14(22)12-8-17-19-13(12)10-5-4-6-11(7-10)23-2/h4-9H,3H2,1-2H3,(H,17,19)(H,18,20,22). The van der Waals surface area contributed by atoms with E-state index in [-0.39, 0.29) is 11.9 Å². The topological polar surface area (TPSA) is 97.7 Å². The summed E-state index contributed by atoms with van der Waals surface area (Å²) in [6.07, 6.45) is 3.04. The number of methoxy groups -OCH3 is 1. The number of hydrogen-bond acceptors (Lipinski definition) is 5. The number of carbonyl (C=O) groups is 1. The Bertz CT molecular complexity index is 823. The first kappa shape index (κ1) is 14.8. The van der Waals surface area contributed by atoms with E-state index >= 15 is 0 Å². The number of benzene rings is 1. The van der Waals surface area contributed by atoms with Gasteiger partial charge in [-0.25, -0.2) is 4.98 Å². The number of hydrogen-bond donors (Lipinski definition) is 2. The van der Waals surface area contributed by atoms with Gasteiger partial charge in [0.1, 0.15) is 12.1 Å². The zero-order chi connectivity index (χ0) is 16.2. The molecule has 0 saturated heterocycles. The molecule has 0 fully saturated rings. The first-order valence-corrected chi connectivity index (χ1v) is 7.10. The molecule has 0 unspecified atom stereocenters. The van der Waals surface area contributed by atoms with Crippen LogP contribution < -0.4 is 10.1 Å². The Labute approximate surface area is 132 Å². The van der Waals surface area contributed by atoms with Crippen LogP contribution >= 0.6 is 0 Å². The summed E-state index contributed by atoms with van der Waals surface area (Å²) in [4.78, 5) is 16.5. The van der Waals surface area contributed by atoms with Gasteiger partial charge < -0.3 is 4.74 Å². The van der Waals surface area contributed by atoms with E-state index in [0.29, 0.717) is 23.6 Å². The van der Waals surface area contributed by atoms with Gasteiger partial charge >= 0.3 is 0 Å². The van der Waals surface area contributed by atoms with E-state index in [9.17, 15) is 4.79 Å². The van der Waals surface area contributed by atoms with Crippen molar-refractivity contribution in [3.63, 3.8) is 0 Å². The number of aromatic amines is 1. The third-order valence-corrected chi connectivity index (χ3v) is 3.33. The van der Waals surface area contributed by atoms with Gasteiger partial charge in [-0.05, 0) is 19.1 Å². The van der Waals surface area contributed by atoms with Gasteiger partial charge in [0.2, 0.25) is 5.95 Å². The maximum absolute atomic E-state index is 12.4. The van der Waals surface area contributed by atoms with E-state index < -0.39 is 0 Å². The summed E-state index contributed by atoms with van der Waals surface area (Å²) in [5, 5.41) is 13.6.